The molecule has 0 spiro atoms. The predicted molar refractivity (Wildman–Crippen MR) is 127 cm³/mol. The molecule has 0 saturated heterocycles. The van der Waals surface area contributed by atoms with Crippen LogP contribution >= 0.6 is 46.9 Å². The highest BCUT2D eigenvalue weighted by Gasteiger charge is 2.12. The normalized spacial score (nSPS) is 11.4. The number of thioether (sulfide) groups is 1. The van der Waals surface area contributed by atoms with E-state index in [2.05, 4.69) is 11.2 Å². The van der Waals surface area contributed by atoms with Crippen molar-refractivity contribution in [2.24, 2.45) is 0 Å². The first-order chi connectivity index (χ1) is 14.6. The number of hydrogen-bond acceptors (Lipinski definition) is 6. The molecule has 0 aliphatic carbocycles. The first-order valence-corrected chi connectivity index (χ1v) is 11.6. The Bertz CT molecular complexity index is 1500. The lowest BCUT2D eigenvalue weighted by molar-refractivity contribution is 0.560. The van der Waals surface area contributed by atoms with E-state index in [0.29, 0.717) is 20.3 Å². The molecule has 0 bridgehead atoms. The average molecular weight is 469 g/mol. The number of nitrogens with zero attached hydrogens (tertiary/aromatic N) is 2. The molecule has 0 N–H and O–H groups in total. The second-order valence-corrected chi connectivity index (χ2v) is 9.84. The maximum absolute atomic E-state index is 12.1. The fourth-order valence-corrected chi connectivity index (χ4v) is 5.81. The van der Waals surface area contributed by atoms with Crippen molar-refractivity contribution < 1.29 is 4.42 Å². The fourth-order valence-electron chi connectivity index (χ4n) is 3.34. The summed E-state index contributed by atoms with van der Waals surface area (Å²) >= 11 is 14.5. The quantitative estimate of drug-likeness (QED) is 0.125. The lowest BCUT2D eigenvalue weighted by Crippen LogP contribution is -2.00. The highest BCUT2D eigenvalue weighted by atomic mass is 35.5. The lowest BCUT2D eigenvalue weighted by atomic mass is 10.0. The maximum Gasteiger partial charge on any atom is 0.336 e. The van der Waals surface area contributed by atoms with Gasteiger partial charge in [0, 0.05) is 22.2 Å². The molecule has 0 aliphatic rings. The van der Waals surface area contributed by atoms with Crippen molar-refractivity contribution in [1.29, 1.82) is 0 Å². The van der Waals surface area contributed by atoms with Gasteiger partial charge >= 0.3 is 5.63 Å². The summed E-state index contributed by atoms with van der Waals surface area (Å²) in [6.45, 7) is 0. The molecule has 5 rings (SSSR count). The summed E-state index contributed by atoms with van der Waals surface area (Å²) in [6, 6.07) is 20.9. The summed E-state index contributed by atoms with van der Waals surface area (Å²) in [5, 5.41) is 8.43. The zero-order valence-corrected chi connectivity index (χ0v) is 18.6. The van der Waals surface area contributed by atoms with Gasteiger partial charge in [-0.25, -0.2) is 9.48 Å². The van der Waals surface area contributed by atoms with Gasteiger partial charge < -0.3 is 4.42 Å². The Kier molecular flexibility index (Phi) is 5.20. The van der Waals surface area contributed by atoms with Gasteiger partial charge in [0.1, 0.15) is 5.58 Å². The molecule has 30 heavy (non-hydrogen) atoms. The Morgan fingerprint density at radius 2 is 1.90 bits per heavy atom. The molecule has 5 aromatic rings. The molecule has 0 aliphatic heterocycles. The second-order valence-electron chi connectivity index (χ2n) is 6.56. The van der Waals surface area contributed by atoms with E-state index in [1.54, 1.807) is 22.5 Å². The Morgan fingerprint density at radius 3 is 2.73 bits per heavy atom. The molecule has 4 nitrogen and oxygen atoms in total. The zero-order chi connectivity index (χ0) is 20.7. The first-order valence-electron chi connectivity index (χ1n) is 9.02. The third kappa shape index (κ3) is 3.70. The third-order valence-electron chi connectivity index (χ3n) is 4.67. The largest absolute Gasteiger partial charge is 0.423 e. The van der Waals surface area contributed by atoms with Gasteiger partial charge in [-0.1, -0.05) is 65.0 Å². The van der Waals surface area contributed by atoms with Crippen LogP contribution in [0.1, 0.15) is 5.56 Å². The third-order valence-corrected chi connectivity index (χ3v) is 7.33. The minimum atomic E-state index is -0.354. The summed E-state index contributed by atoms with van der Waals surface area (Å²) in [5.74, 6) is 0.582. The zero-order valence-electron chi connectivity index (χ0n) is 15.4. The molecule has 0 radical (unpaired) electrons. The van der Waals surface area contributed by atoms with Gasteiger partial charge in [-0.15, -0.1) is 5.10 Å². The molecule has 0 unspecified atom stereocenters. The molecule has 0 amide bonds. The predicted octanol–water partition coefficient (Wildman–Crippen LogP) is 6.87. The van der Waals surface area contributed by atoms with Crippen molar-refractivity contribution in [2.75, 3.05) is 0 Å². The molecular formula is C22H13ClN2O2S3. The van der Waals surface area contributed by atoms with Crippen molar-refractivity contribution in [1.82, 2.24) is 9.78 Å². The van der Waals surface area contributed by atoms with E-state index in [1.807, 2.05) is 54.6 Å². The van der Waals surface area contributed by atoms with E-state index in [1.165, 1.54) is 11.3 Å². The summed E-state index contributed by atoms with van der Waals surface area (Å²) in [4.78, 5) is 12.1. The molecule has 0 atom stereocenters. The molecule has 8 heteroatoms. The van der Waals surface area contributed by atoms with Crippen LogP contribution in [0.3, 0.4) is 0 Å². The van der Waals surface area contributed by atoms with Gasteiger partial charge in [0.15, 0.2) is 8.29 Å². The van der Waals surface area contributed by atoms with Crippen LogP contribution in [-0.4, -0.2) is 9.78 Å². The monoisotopic (exact) mass is 468 g/mol. The van der Waals surface area contributed by atoms with Crippen molar-refractivity contribution >= 4 is 68.7 Å². The molecule has 2 aromatic heterocycles. The Labute approximate surface area is 189 Å². The fraction of sp³-hybridized carbons (Fsp3) is 0.0455. The Hall–Kier alpha value is -2.45. The molecule has 148 valence electrons. The number of aromatic nitrogens is 2. The number of hydrogen-bond donors (Lipinski definition) is 0. The average Bonchev–Trinajstić information content (AvgIpc) is 3.12. The summed E-state index contributed by atoms with van der Waals surface area (Å²) in [5.41, 5.74) is 2.02. The van der Waals surface area contributed by atoms with Crippen molar-refractivity contribution in [3.05, 3.63) is 91.7 Å². The molecule has 2 heterocycles. The first kappa shape index (κ1) is 19.5. The Balaban J connectivity index is 1.52. The van der Waals surface area contributed by atoms with Gasteiger partial charge in [0.25, 0.3) is 0 Å². The highest BCUT2D eigenvalue weighted by Crippen LogP contribution is 2.32. The summed E-state index contributed by atoms with van der Waals surface area (Å²) in [7, 11) is 0. The van der Waals surface area contributed by atoms with Gasteiger partial charge in [-0.2, -0.15) is 0 Å². The van der Waals surface area contributed by atoms with Gasteiger partial charge in [-0.05, 0) is 58.9 Å². The number of rotatable bonds is 4. The standard InChI is InChI=1S/C22H13ClN2O2S3/c23-15-6-8-16(9-7-15)25-22(28)30-21(24-25)29-12-14-11-19(26)27-18-10-5-13-3-1-2-4-17(13)20(14)18/h1-11H,12H2. The minimum Gasteiger partial charge on any atom is -0.423 e. The van der Waals surface area contributed by atoms with Crippen LogP contribution < -0.4 is 5.63 Å². The smallest absolute Gasteiger partial charge is 0.336 e. The molecular weight excluding hydrogens is 456 g/mol. The van der Waals surface area contributed by atoms with Crippen LogP contribution in [0.4, 0.5) is 0 Å². The van der Waals surface area contributed by atoms with Crippen LogP contribution in [-0.2, 0) is 5.75 Å². The van der Waals surface area contributed by atoms with Gasteiger partial charge in [0.2, 0.25) is 0 Å². The lowest BCUT2D eigenvalue weighted by Gasteiger charge is -2.08. The Morgan fingerprint density at radius 1 is 1.10 bits per heavy atom. The van der Waals surface area contributed by atoms with Crippen molar-refractivity contribution in [2.45, 2.75) is 10.1 Å². The SMILES string of the molecule is O=c1cc(CSc2nn(-c3ccc(Cl)cc3)c(=S)s2)c2c(ccc3ccccc32)o1. The van der Waals surface area contributed by atoms with Crippen LogP contribution in [0.5, 0.6) is 0 Å². The van der Waals surface area contributed by atoms with Crippen molar-refractivity contribution in [3.63, 3.8) is 0 Å². The second kappa shape index (κ2) is 8.00. The van der Waals surface area contributed by atoms with Crippen LogP contribution in [0, 0.1) is 3.95 Å². The van der Waals surface area contributed by atoms with E-state index in [0.717, 1.165) is 31.7 Å². The number of benzene rings is 3. The van der Waals surface area contributed by atoms with E-state index >= 15 is 0 Å². The van der Waals surface area contributed by atoms with Crippen LogP contribution in [0.15, 0.2) is 80.3 Å². The maximum atomic E-state index is 12.1. The van der Waals surface area contributed by atoms with E-state index < -0.39 is 0 Å². The van der Waals surface area contributed by atoms with Gasteiger partial charge in [-0.3, -0.25) is 0 Å². The topological polar surface area (TPSA) is 48.0 Å². The molecule has 0 fully saturated rings. The summed E-state index contributed by atoms with van der Waals surface area (Å²) < 4.78 is 8.66. The highest BCUT2D eigenvalue weighted by molar-refractivity contribution is 8.00. The van der Waals surface area contributed by atoms with E-state index in [4.69, 9.17) is 28.2 Å². The molecule has 0 saturated carbocycles. The van der Waals surface area contributed by atoms with E-state index in [-0.39, 0.29) is 5.63 Å². The summed E-state index contributed by atoms with van der Waals surface area (Å²) in [6.07, 6.45) is 0. The van der Waals surface area contributed by atoms with E-state index in [9.17, 15) is 4.79 Å². The van der Waals surface area contributed by atoms with Crippen LogP contribution in [0.25, 0.3) is 27.4 Å². The molecule has 3 aromatic carbocycles. The minimum absolute atomic E-state index is 0.354. The van der Waals surface area contributed by atoms with Crippen LogP contribution in [0.2, 0.25) is 5.02 Å². The van der Waals surface area contributed by atoms with Crippen molar-refractivity contribution in [3.8, 4) is 5.69 Å². The number of fused-ring (bicyclic) bond motifs is 3. The van der Waals surface area contributed by atoms with Gasteiger partial charge in [0.05, 0.1) is 5.69 Å². The number of halogens is 1.